The Morgan fingerprint density at radius 1 is 1.00 bits per heavy atom. The first-order valence-corrected chi connectivity index (χ1v) is 8.13. The molecule has 0 aliphatic carbocycles. The highest BCUT2D eigenvalue weighted by molar-refractivity contribution is 5.72. The van der Waals surface area contributed by atoms with Crippen molar-refractivity contribution in [3.63, 3.8) is 0 Å². The molecule has 0 aromatic carbocycles. The third-order valence-electron chi connectivity index (χ3n) is 2.89. The van der Waals surface area contributed by atoms with Crippen LogP contribution in [0.25, 0.3) is 0 Å². The molecule has 0 spiro atoms. The lowest BCUT2D eigenvalue weighted by Gasteiger charge is -2.23. The lowest BCUT2D eigenvalue weighted by molar-refractivity contribution is -0.160. The summed E-state index contributed by atoms with van der Waals surface area (Å²) in [7, 11) is 0. The van der Waals surface area contributed by atoms with E-state index in [4.69, 9.17) is 4.74 Å². The van der Waals surface area contributed by atoms with Crippen molar-refractivity contribution in [3.8, 4) is 0 Å². The van der Waals surface area contributed by atoms with Crippen molar-refractivity contribution in [2.45, 2.75) is 99.0 Å². The highest BCUT2D eigenvalue weighted by Crippen LogP contribution is 2.19. The van der Waals surface area contributed by atoms with E-state index in [1.54, 1.807) is 0 Å². The number of esters is 1. The average Bonchev–Trinajstić information content (AvgIpc) is 2.34. The van der Waals surface area contributed by atoms with Crippen molar-refractivity contribution in [3.05, 3.63) is 0 Å². The summed E-state index contributed by atoms with van der Waals surface area (Å²) in [6, 6.07) is 0. The first-order valence-electron chi connectivity index (χ1n) is 8.13. The number of hydrogen-bond donors (Lipinski definition) is 0. The molecule has 0 amide bonds. The lowest BCUT2D eigenvalue weighted by Crippen LogP contribution is -2.28. The van der Waals surface area contributed by atoms with Gasteiger partial charge in [-0.15, -0.1) is 0 Å². The van der Waals surface area contributed by atoms with Gasteiger partial charge in [0.25, 0.3) is 0 Å². The molecule has 0 saturated heterocycles. The fourth-order valence-electron chi connectivity index (χ4n) is 1.87. The maximum atomic E-state index is 11.9. The van der Waals surface area contributed by atoms with Crippen molar-refractivity contribution >= 4 is 5.97 Å². The van der Waals surface area contributed by atoms with E-state index in [-0.39, 0.29) is 17.5 Å². The molecule has 0 fully saturated rings. The zero-order valence-corrected chi connectivity index (χ0v) is 14.3. The van der Waals surface area contributed by atoms with Gasteiger partial charge in [0.1, 0.15) is 5.60 Å². The van der Waals surface area contributed by atoms with Gasteiger partial charge in [-0.1, -0.05) is 59.8 Å². The fourth-order valence-corrected chi connectivity index (χ4v) is 1.87. The number of carbonyl (C=O) groups excluding carboxylic acids is 1. The predicted octanol–water partition coefficient (Wildman–Crippen LogP) is 5.74. The van der Waals surface area contributed by atoms with Crippen LogP contribution in [0.5, 0.6) is 0 Å². The molecule has 0 heterocycles. The minimum absolute atomic E-state index is 0.0181. The SMILES string of the molecule is CC.CCCCCCCC(CC)C(=O)OC(C)(C)C. The van der Waals surface area contributed by atoms with Crippen molar-refractivity contribution in [2.75, 3.05) is 0 Å². The van der Waals surface area contributed by atoms with Crippen LogP contribution in [0.3, 0.4) is 0 Å². The van der Waals surface area contributed by atoms with Crippen LogP contribution >= 0.6 is 0 Å². The monoisotopic (exact) mass is 272 g/mol. The molecule has 2 heteroatoms. The van der Waals surface area contributed by atoms with Crippen molar-refractivity contribution in [1.29, 1.82) is 0 Å². The van der Waals surface area contributed by atoms with Crippen LogP contribution in [0.1, 0.15) is 93.4 Å². The molecule has 2 nitrogen and oxygen atoms in total. The summed E-state index contributed by atoms with van der Waals surface area (Å²) in [6.45, 7) is 14.1. The van der Waals surface area contributed by atoms with E-state index in [1.807, 2.05) is 34.6 Å². The zero-order chi connectivity index (χ0) is 15.3. The maximum Gasteiger partial charge on any atom is 0.309 e. The average molecular weight is 272 g/mol. The van der Waals surface area contributed by atoms with Gasteiger partial charge < -0.3 is 4.74 Å². The van der Waals surface area contributed by atoms with Gasteiger partial charge in [0.05, 0.1) is 5.92 Å². The molecule has 1 unspecified atom stereocenters. The van der Waals surface area contributed by atoms with Crippen LogP contribution < -0.4 is 0 Å². The summed E-state index contributed by atoms with van der Waals surface area (Å²) in [5.41, 5.74) is -0.354. The van der Waals surface area contributed by atoms with Gasteiger partial charge in [-0.05, 0) is 33.6 Å². The van der Waals surface area contributed by atoms with E-state index < -0.39 is 0 Å². The largest absolute Gasteiger partial charge is 0.460 e. The number of unbranched alkanes of at least 4 members (excludes halogenated alkanes) is 4. The maximum absolute atomic E-state index is 11.9. The van der Waals surface area contributed by atoms with Crippen LogP contribution in [0.4, 0.5) is 0 Å². The molecule has 1 atom stereocenters. The molecular weight excluding hydrogens is 236 g/mol. The van der Waals surface area contributed by atoms with E-state index in [0.717, 1.165) is 19.3 Å². The summed E-state index contributed by atoms with van der Waals surface area (Å²) >= 11 is 0. The van der Waals surface area contributed by atoms with E-state index >= 15 is 0 Å². The van der Waals surface area contributed by atoms with Crippen molar-refractivity contribution in [1.82, 2.24) is 0 Å². The van der Waals surface area contributed by atoms with Gasteiger partial charge in [-0.3, -0.25) is 4.79 Å². The normalized spacial score (nSPS) is 12.4. The molecule has 0 N–H and O–H groups in total. The van der Waals surface area contributed by atoms with E-state index in [1.165, 1.54) is 25.7 Å². The Morgan fingerprint density at radius 2 is 1.53 bits per heavy atom. The van der Waals surface area contributed by atoms with Crippen molar-refractivity contribution < 1.29 is 9.53 Å². The Morgan fingerprint density at radius 3 is 1.95 bits per heavy atom. The third kappa shape index (κ3) is 13.7. The summed E-state index contributed by atoms with van der Waals surface area (Å²) in [5.74, 6) is 0.0753. The van der Waals surface area contributed by atoms with Gasteiger partial charge >= 0.3 is 5.97 Å². The van der Waals surface area contributed by atoms with Crippen LogP contribution in [0.2, 0.25) is 0 Å². The topological polar surface area (TPSA) is 26.3 Å². The Hall–Kier alpha value is -0.530. The Balaban J connectivity index is 0. The second kappa shape index (κ2) is 12.5. The second-order valence-corrected chi connectivity index (χ2v) is 5.84. The molecule has 0 aromatic heterocycles. The minimum atomic E-state index is -0.354. The Bertz CT molecular complexity index is 204. The number of rotatable bonds is 8. The summed E-state index contributed by atoms with van der Waals surface area (Å²) in [4.78, 5) is 11.9. The standard InChI is InChI=1S/C15H30O2.C2H6/c1-6-8-9-10-11-12-13(7-2)14(16)17-15(3,4)5;1-2/h13H,6-12H2,1-5H3;1-2H3. The van der Waals surface area contributed by atoms with Crippen LogP contribution in [0.15, 0.2) is 0 Å². The molecule has 0 aromatic rings. The third-order valence-corrected chi connectivity index (χ3v) is 2.89. The van der Waals surface area contributed by atoms with Gasteiger partial charge in [-0.2, -0.15) is 0 Å². The number of ether oxygens (including phenoxy) is 1. The summed E-state index contributed by atoms with van der Waals surface area (Å²) < 4.78 is 5.43. The Labute approximate surface area is 121 Å². The summed E-state index contributed by atoms with van der Waals surface area (Å²) in [6.07, 6.45) is 8.14. The highest BCUT2D eigenvalue weighted by atomic mass is 16.6. The quantitative estimate of drug-likeness (QED) is 0.416. The lowest BCUT2D eigenvalue weighted by atomic mass is 9.98. The molecule has 0 rings (SSSR count). The second-order valence-electron chi connectivity index (χ2n) is 5.84. The van der Waals surface area contributed by atoms with E-state index in [2.05, 4.69) is 13.8 Å². The molecule has 0 saturated carbocycles. The fraction of sp³-hybridized carbons (Fsp3) is 0.941. The highest BCUT2D eigenvalue weighted by Gasteiger charge is 2.23. The van der Waals surface area contributed by atoms with Crippen LogP contribution in [-0.2, 0) is 9.53 Å². The molecule has 0 aliphatic rings. The first kappa shape index (κ1) is 20.8. The minimum Gasteiger partial charge on any atom is -0.460 e. The van der Waals surface area contributed by atoms with E-state index in [9.17, 15) is 4.79 Å². The molecule has 19 heavy (non-hydrogen) atoms. The van der Waals surface area contributed by atoms with E-state index in [0.29, 0.717) is 0 Å². The first-order chi connectivity index (χ1) is 8.90. The van der Waals surface area contributed by atoms with Gasteiger partial charge in [0.2, 0.25) is 0 Å². The zero-order valence-electron chi connectivity index (χ0n) is 14.3. The predicted molar refractivity (Wildman–Crippen MR) is 84.4 cm³/mol. The number of hydrogen-bond acceptors (Lipinski definition) is 2. The van der Waals surface area contributed by atoms with Crippen LogP contribution in [0, 0.1) is 5.92 Å². The summed E-state index contributed by atoms with van der Waals surface area (Å²) in [5, 5.41) is 0. The van der Waals surface area contributed by atoms with Gasteiger partial charge in [-0.25, -0.2) is 0 Å². The van der Waals surface area contributed by atoms with Crippen LogP contribution in [-0.4, -0.2) is 11.6 Å². The molecule has 116 valence electrons. The molecule has 0 bridgehead atoms. The number of carbonyl (C=O) groups is 1. The molecule has 0 aliphatic heterocycles. The smallest absolute Gasteiger partial charge is 0.309 e. The Kier molecular flexibility index (Phi) is 13.7. The van der Waals surface area contributed by atoms with Gasteiger partial charge in [0.15, 0.2) is 0 Å². The molecule has 0 radical (unpaired) electrons. The van der Waals surface area contributed by atoms with Crippen molar-refractivity contribution in [2.24, 2.45) is 5.92 Å². The van der Waals surface area contributed by atoms with Gasteiger partial charge in [0, 0.05) is 0 Å². The molecular formula is C17H36O2.